The van der Waals surface area contributed by atoms with E-state index in [1.54, 1.807) is 0 Å². The third-order valence-electron chi connectivity index (χ3n) is 3.53. The summed E-state index contributed by atoms with van der Waals surface area (Å²) in [6.07, 6.45) is 4.88. The van der Waals surface area contributed by atoms with Gasteiger partial charge in [-0.3, -0.25) is 5.10 Å². The summed E-state index contributed by atoms with van der Waals surface area (Å²) in [6, 6.07) is 8.24. The van der Waals surface area contributed by atoms with Crippen molar-refractivity contribution >= 4 is 11.0 Å². The van der Waals surface area contributed by atoms with Crippen LogP contribution in [0.4, 0.5) is 0 Å². The summed E-state index contributed by atoms with van der Waals surface area (Å²) in [6.45, 7) is 4.88. The van der Waals surface area contributed by atoms with Crippen molar-refractivity contribution in [3.05, 3.63) is 48.0 Å². The average Bonchev–Trinajstić information content (AvgIpc) is 3.06. The van der Waals surface area contributed by atoms with Crippen molar-refractivity contribution in [2.45, 2.75) is 26.4 Å². The van der Waals surface area contributed by atoms with Crippen LogP contribution in [-0.4, -0.2) is 26.3 Å². The van der Waals surface area contributed by atoms with Gasteiger partial charge in [0.25, 0.3) is 0 Å². The maximum atomic E-state index is 4.40. The third-order valence-corrected chi connectivity index (χ3v) is 3.53. The number of aromatic amines is 1. The zero-order valence-electron chi connectivity index (χ0n) is 11.6. The number of hydrogen-bond acceptors (Lipinski definition) is 3. The molecular formula is C15H19N5. The zero-order valence-corrected chi connectivity index (χ0v) is 11.6. The van der Waals surface area contributed by atoms with Crippen molar-refractivity contribution in [1.29, 1.82) is 0 Å². The molecule has 0 saturated heterocycles. The number of imidazole rings is 1. The molecule has 0 radical (unpaired) electrons. The van der Waals surface area contributed by atoms with E-state index in [-0.39, 0.29) is 0 Å². The SMILES string of the molecule is Cc1[nH]ncc1CNCCCn1cnc2ccccc21. The lowest BCUT2D eigenvalue weighted by atomic mass is 10.2. The Hall–Kier alpha value is -2.14. The first-order chi connectivity index (χ1) is 9.84. The molecule has 2 heterocycles. The first kappa shape index (κ1) is 12.9. The topological polar surface area (TPSA) is 58.5 Å². The van der Waals surface area contributed by atoms with Crippen molar-refractivity contribution in [2.24, 2.45) is 0 Å². The quantitative estimate of drug-likeness (QED) is 0.675. The van der Waals surface area contributed by atoms with Crippen LogP contribution in [0.2, 0.25) is 0 Å². The van der Waals surface area contributed by atoms with Crippen LogP contribution in [0, 0.1) is 6.92 Å². The Kier molecular flexibility index (Phi) is 3.78. The Labute approximate surface area is 118 Å². The molecule has 0 saturated carbocycles. The molecule has 0 fully saturated rings. The van der Waals surface area contributed by atoms with Gasteiger partial charge in [0.1, 0.15) is 0 Å². The van der Waals surface area contributed by atoms with E-state index >= 15 is 0 Å². The van der Waals surface area contributed by atoms with Crippen LogP contribution in [0.5, 0.6) is 0 Å². The number of aromatic nitrogens is 4. The molecule has 0 spiro atoms. The lowest BCUT2D eigenvalue weighted by Crippen LogP contribution is -2.16. The predicted octanol–water partition coefficient (Wildman–Crippen LogP) is 2.25. The average molecular weight is 269 g/mol. The Bertz CT molecular complexity index is 682. The Morgan fingerprint density at radius 3 is 3.05 bits per heavy atom. The molecule has 20 heavy (non-hydrogen) atoms. The molecule has 3 rings (SSSR count). The minimum absolute atomic E-state index is 0.868. The second kappa shape index (κ2) is 5.88. The van der Waals surface area contributed by atoms with Crippen molar-refractivity contribution in [2.75, 3.05) is 6.54 Å². The van der Waals surface area contributed by atoms with Gasteiger partial charge in [0, 0.05) is 24.3 Å². The standard InChI is InChI=1S/C15H19N5/c1-12-13(10-18-19-12)9-16-7-4-8-20-11-17-14-5-2-3-6-15(14)20/h2-3,5-6,10-11,16H,4,7-9H2,1H3,(H,18,19). The van der Waals surface area contributed by atoms with Gasteiger partial charge < -0.3 is 9.88 Å². The highest BCUT2D eigenvalue weighted by molar-refractivity contribution is 5.74. The predicted molar refractivity (Wildman–Crippen MR) is 79.4 cm³/mol. The van der Waals surface area contributed by atoms with E-state index in [1.165, 1.54) is 11.1 Å². The van der Waals surface area contributed by atoms with Gasteiger partial charge in [0.05, 0.1) is 23.6 Å². The van der Waals surface area contributed by atoms with Gasteiger partial charge in [-0.2, -0.15) is 5.10 Å². The maximum Gasteiger partial charge on any atom is 0.0958 e. The highest BCUT2D eigenvalue weighted by Crippen LogP contribution is 2.11. The molecule has 0 atom stereocenters. The second-order valence-electron chi connectivity index (χ2n) is 4.98. The molecule has 0 aliphatic heterocycles. The fourth-order valence-electron chi connectivity index (χ4n) is 2.34. The van der Waals surface area contributed by atoms with Crippen molar-refractivity contribution in [1.82, 2.24) is 25.1 Å². The molecular weight excluding hydrogens is 250 g/mol. The van der Waals surface area contributed by atoms with E-state index < -0.39 is 0 Å². The molecule has 5 heteroatoms. The zero-order chi connectivity index (χ0) is 13.8. The fourth-order valence-corrected chi connectivity index (χ4v) is 2.34. The first-order valence-electron chi connectivity index (χ1n) is 6.94. The minimum atomic E-state index is 0.868. The molecule has 0 aliphatic rings. The number of fused-ring (bicyclic) bond motifs is 1. The van der Waals surface area contributed by atoms with E-state index in [2.05, 4.69) is 37.2 Å². The third kappa shape index (κ3) is 2.72. The molecule has 5 nitrogen and oxygen atoms in total. The Balaban J connectivity index is 1.47. The van der Waals surface area contributed by atoms with E-state index in [1.807, 2.05) is 31.6 Å². The summed E-state index contributed by atoms with van der Waals surface area (Å²) in [4.78, 5) is 4.40. The number of hydrogen-bond donors (Lipinski definition) is 2. The molecule has 2 aromatic heterocycles. The Morgan fingerprint density at radius 2 is 2.20 bits per heavy atom. The highest BCUT2D eigenvalue weighted by atomic mass is 15.1. The van der Waals surface area contributed by atoms with Crippen LogP contribution in [0.25, 0.3) is 11.0 Å². The molecule has 0 aliphatic carbocycles. The van der Waals surface area contributed by atoms with Gasteiger partial charge in [0.2, 0.25) is 0 Å². The summed E-state index contributed by atoms with van der Waals surface area (Å²) in [5.74, 6) is 0. The summed E-state index contributed by atoms with van der Waals surface area (Å²) >= 11 is 0. The summed E-state index contributed by atoms with van der Waals surface area (Å²) in [5, 5.41) is 10.4. The van der Waals surface area contributed by atoms with Crippen LogP contribution < -0.4 is 5.32 Å². The number of nitrogens with one attached hydrogen (secondary N) is 2. The number of benzene rings is 1. The number of aryl methyl sites for hydroxylation is 2. The van der Waals surface area contributed by atoms with Crippen molar-refractivity contribution < 1.29 is 0 Å². The number of para-hydroxylation sites is 2. The van der Waals surface area contributed by atoms with Gasteiger partial charge >= 0.3 is 0 Å². The normalized spacial score (nSPS) is 11.2. The van der Waals surface area contributed by atoms with Crippen LogP contribution in [0.1, 0.15) is 17.7 Å². The van der Waals surface area contributed by atoms with Crippen LogP contribution in [-0.2, 0) is 13.1 Å². The van der Waals surface area contributed by atoms with Crippen LogP contribution >= 0.6 is 0 Å². The lowest BCUT2D eigenvalue weighted by molar-refractivity contribution is 0.588. The van der Waals surface area contributed by atoms with Crippen molar-refractivity contribution in [3.8, 4) is 0 Å². The molecule has 3 aromatic rings. The molecule has 104 valence electrons. The van der Waals surface area contributed by atoms with Crippen LogP contribution in [0.3, 0.4) is 0 Å². The maximum absolute atomic E-state index is 4.40. The van der Waals surface area contributed by atoms with E-state index in [9.17, 15) is 0 Å². The van der Waals surface area contributed by atoms with Gasteiger partial charge in [-0.1, -0.05) is 12.1 Å². The molecule has 1 aromatic carbocycles. The van der Waals surface area contributed by atoms with Gasteiger partial charge in [-0.05, 0) is 32.0 Å². The molecule has 2 N–H and O–H groups in total. The molecule has 0 amide bonds. The number of nitrogens with zero attached hydrogens (tertiary/aromatic N) is 3. The second-order valence-corrected chi connectivity index (χ2v) is 4.98. The minimum Gasteiger partial charge on any atom is -0.331 e. The summed E-state index contributed by atoms with van der Waals surface area (Å²) in [5.41, 5.74) is 4.64. The molecule has 0 bridgehead atoms. The van der Waals surface area contributed by atoms with Crippen molar-refractivity contribution in [3.63, 3.8) is 0 Å². The molecule has 0 unspecified atom stereocenters. The van der Waals surface area contributed by atoms with Gasteiger partial charge in [0.15, 0.2) is 0 Å². The van der Waals surface area contributed by atoms with Gasteiger partial charge in [-0.25, -0.2) is 4.98 Å². The Morgan fingerprint density at radius 1 is 1.30 bits per heavy atom. The van der Waals surface area contributed by atoms with Gasteiger partial charge in [-0.15, -0.1) is 0 Å². The van der Waals surface area contributed by atoms with Crippen LogP contribution in [0.15, 0.2) is 36.8 Å². The number of rotatable bonds is 6. The van der Waals surface area contributed by atoms with E-state index in [0.717, 1.165) is 37.3 Å². The monoisotopic (exact) mass is 269 g/mol. The first-order valence-corrected chi connectivity index (χ1v) is 6.94. The lowest BCUT2D eigenvalue weighted by Gasteiger charge is -2.06. The highest BCUT2D eigenvalue weighted by Gasteiger charge is 2.01. The number of H-pyrrole nitrogens is 1. The smallest absolute Gasteiger partial charge is 0.0958 e. The fraction of sp³-hybridized carbons (Fsp3) is 0.333. The van der Waals surface area contributed by atoms with E-state index in [4.69, 9.17) is 0 Å². The summed E-state index contributed by atoms with van der Waals surface area (Å²) < 4.78 is 2.21. The largest absolute Gasteiger partial charge is 0.331 e. The van der Waals surface area contributed by atoms with E-state index in [0.29, 0.717) is 0 Å². The summed E-state index contributed by atoms with van der Waals surface area (Å²) in [7, 11) is 0.